The van der Waals surface area contributed by atoms with E-state index >= 15 is 0 Å². The van der Waals surface area contributed by atoms with Crippen LogP contribution in [0, 0.1) is 12.3 Å². The Morgan fingerprint density at radius 1 is 1.71 bits per heavy atom. The molecule has 0 aliphatic carbocycles. The van der Waals surface area contributed by atoms with Crippen molar-refractivity contribution < 1.29 is 9.90 Å². The molecule has 0 amide bonds. The highest BCUT2D eigenvalue weighted by molar-refractivity contribution is 5.91. The Balaban J connectivity index is 2.75. The Bertz CT molecular complexity index is 369. The third-order valence-corrected chi connectivity index (χ3v) is 1.60. The maximum absolute atomic E-state index is 10.7. The van der Waals surface area contributed by atoms with Crippen LogP contribution in [-0.2, 0) is 0 Å². The lowest BCUT2D eigenvalue weighted by molar-refractivity contribution is 0.0691. The predicted molar refractivity (Wildman–Crippen MR) is 53.1 cm³/mol. The van der Waals surface area contributed by atoms with Crippen molar-refractivity contribution in [2.45, 2.75) is 6.42 Å². The van der Waals surface area contributed by atoms with E-state index in [2.05, 4.69) is 16.2 Å². The summed E-state index contributed by atoms with van der Waals surface area (Å²) in [5, 5.41) is 11.7. The van der Waals surface area contributed by atoms with Gasteiger partial charge in [-0.05, 0) is 12.1 Å². The molecule has 4 heteroatoms. The van der Waals surface area contributed by atoms with Crippen LogP contribution in [-0.4, -0.2) is 22.6 Å². The minimum absolute atomic E-state index is 0.0181. The molecule has 0 radical (unpaired) electrons. The van der Waals surface area contributed by atoms with Crippen LogP contribution in [0.5, 0.6) is 0 Å². The summed E-state index contributed by atoms with van der Waals surface area (Å²) in [5.74, 6) is 1.41. The van der Waals surface area contributed by atoms with Crippen molar-refractivity contribution >= 4 is 11.7 Å². The molecule has 0 atom stereocenters. The van der Waals surface area contributed by atoms with Gasteiger partial charge in [-0.2, -0.15) is 0 Å². The third kappa shape index (κ3) is 2.49. The molecule has 0 saturated carbocycles. The number of hydrogen-bond donors (Lipinski definition) is 2. The SMILES string of the molecule is C#CCCNc1cccnc1C(=O)O. The first-order valence-corrected chi connectivity index (χ1v) is 4.11. The Kier molecular flexibility index (Phi) is 3.50. The molecule has 0 fully saturated rings. The second-order valence-corrected chi connectivity index (χ2v) is 2.59. The number of nitrogens with one attached hydrogen (secondary N) is 1. The van der Waals surface area contributed by atoms with Gasteiger partial charge in [0.2, 0.25) is 0 Å². The molecule has 0 aliphatic rings. The molecule has 1 heterocycles. The zero-order chi connectivity index (χ0) is 10.4. The number of carboxylic acids is 1. The van der Waals surface area contributed by atoms with Gasteiger partial charge in [0.25, 0.3) is 0 Å². The molecular formula is C10H10N2O2. The minimum Gasteiger partial charge on any atom is -0.476 e. The second kappa shape index (κ2) is 4.87. The van der Waals surface area contributed by atoms with E-state index in [-0.39, 0.29) is 5.69 Å². The number of hydrogen-bond acceptors (Lipinski definition) is 3. The lowest BCUT2D eigenvalue weighted by atomic mass is 10.3. The van der Waals surface area contributed by atoms with Crippen LogP contribution >= 0.6 is 0 Å². The van der Waals surface area contributed by atoms with E-state index < -0.39 is 5.97 Å². The highest BCUT2D eigenvalue weighted by atomic mass is 16.4. The lowest BCUT2D eigenvalue weighted by Crippen LogP contribution is -2.08. The zero-order valence-corrected chi connectivity index (χ0v) is 7.53. The number of terminal acetylenes is 1. The number of aromatic carboxylic acids is 1. The maximum Gasteiger partial charge on any atom is 0.356 e. The molecular weight excluding hydrogens is 180 g/mol. The molecule has 0 saturated heterocycles. The Hall–Kier alpha value is -2.02. The van der Waals surface area contributed by atoms with Crippen molar-refractivity contribution in [3.05, 3.63) is 24.0 Å². The summed E-state index contributed by atoms with van der Waals surface area (Å²) in [7, 11) is 0. The molecule has 1 aromatic heterocycles. The zero-order valence-electron chi connectivity index (χ0n) is 7.53. The number of aromatic nitrogens is 1. The normalized spacial score (nSPS) is 9.07. The van der Waals surface area contributed by atoms with Gasteiger partial charge in [-0.15, -0.1) is 12.3 Å². The fourth-order valence-corrected chi connectivity index (χ4v) is 0.988. The van der Waals surface area contributed by atoms with Crippen LogP contribution in [0.15, 0.2) is 18.3 Å². The fourth-order valence-electron chi connectivity index (χ4n) is 0.988. The molecule has 0 unspecified atom stereocenters. The summed E-state index contributed by atoms with van der Waals surface area (Å²) in [4.78, 5) is 14.5. The van der Waals surface area contributed by atoms with Crippen molar-refractivity contribution in [1.29, 1.82) is 0 Å². The molecule has 1 aromatic rings. The van der Waals surface area contributed by atoms with Crippen molar-refractivity contribution in [3.8, 4) is 12.3 Å². The summed E-state index contributed by atoms with van der Waals surface area (Å²) >= 11 is 0. The number of rotatable bonds is 4. The molecule has 0 aromatic carbocycles. The van der Waals surface area contributed by atoms with Gasteiger partial charge in [-0.25, -0.2) is 9.78 Å². The van der Waals surface area contributed by atoms with E-state index in [1.165, 1.54) is 6.20 Å². The van der Waals surface area contributed by atoms with Gasteiger partial charge in [0.15, 0.2) is 5.69 Å². The van der Waals surface area contributed by atoms with Gasteiger partial charge in [0.05, 0.1) is 5.69 Å². The van der Waals surface area contributed by atoms with E-state index in [4.69, 9.17) is 11.5 Å². The van der Waals surface area contributed by atoms with Crippen molar-refractivity contribution in [2.75, 3.05) is 11.9 Å². The maximum atomic E-state index is 10.7. The monoisotopic (exact) mass is 190 g/mol. The number of anilines is 1. The Morgan fingerprint density at radius 3 is 3.14 bits per heavy atom. The van der Waals surface area contributed by atoms with Crippen molar-refractivity contribution in [2.24, 2.45) is 0 Å². The van der Waals surface area contributed by atoms with E-state index in [1.807, 2.05) is 0 Å². The van der Waals surface area contributed by atoms with Gasteiger partial charge in [-0.1, -0.05) is 0 Å². The highest BCUT2D eigenvalue weighted by Crippen LogP contribution is 2.11. The van der Waals surface area contributed by atoms with Gasteiger partial charge in [-0.3, -0.25) is 0 Å². The van der Waals surface area contributed by atoms with Crippen molar-refractivity contribution in [1.82, 2.24) is 4.98 Å². The second-order valence-electron chi connectivity index (χ2n) is 2.59. The molecule has 14 heavy (non-hydrogen) atoms. The third-order valence-electron chi connectivity index (χ3n) is 1.60. The standard InChI is InChI=1S/C10H10N2O2/c1-2-3-6-11-8-5-4-7-12-9(8)10(13)14/h1,4-5,7,11H,3,6H2,(H,13,14). The first-order chi connectivity index (χ1) is 6.75. The molecule has 0 bridgehead atoms. The minimum atomic E-state index is -1.05. The summed E-state index contributed by atoms with van der Waals surface area (Å²) in [5.41, 5.74) is 0.514. The molecule has 2 N–H and O–H groups in total. The van der Waals surface area contributed by atoms with Gasteiger partial charge >= 0.3 is 5.97 Å². The van der Waals surface area contributed by atoms with Crippen LogP contribution in [0.1, 0.15) is 16.9 Å². The number of carboxylic acid groups (broad SMARTS) is 1. The summed E-state index contributed by atoms with van der Waals surface area (Å²) in [6.45, 7) is 0.544. The first kappa shape index (κ1) is 10.1. The summed E-state index contributed by atoms with van der Waals surface area (Å²) in [6, 6.07) is 3.33. The van der Waals surface area contributed by atoms with Gasteiger partial charge in [0, 0.05) is 19.2 Å². The van der Waals surface area contributed by atoms with Crippen LogP contribution in [0.3, 0.4) is 0 Å². The first-order valence-electron chi connectivity index (χ1n) is 4.11. The topological polar surface area (TPSA) is 62.2 Å². The fraction of sp³-hybridized carbons (Fsp3) is 0.200. The van der Waals surface area contributed by atoms with E-state index in [0.29, 0.717) is 18.7 Å². The van der Waals surface area contributed by atoms with Crippen LogP contribution in [0.2, 0.25) is 0 Å². The molecule has 1 rings (SSSR count). The van der Waals surface area contributed by atoms with Crippen LogP contribution < -0.4 is 5.32 Å². The number of nitrogens with zero attached hydrogens (tertiary/aromatic N) is 1. The average molecular weight is 190 g/mol. The molecule has 4 nitrogen and oxygen atoms in total. The van der Waals surface area contributed by atoms with Crippen LogP contribution in [0.25, 0.3) is 0 Å². The molecule has 0 aliphatic heterocycles. The average Bonchev–Trinajstić information content (AvgIpc) is 2.19. The van der Waals surface area contributed by atoms with Crippen LogP contribution in [0.4, 0.5) is 5.69 Å². The molecule has 72 valence electrons. The predicted octanol–water partition coefficient (Wildman–Crippen LogP) is 1.21. The van der Waals surface area contributed by atoms with E-state index in [1.54, 1.807) is 12.1 Å². The smallest absolute Gasteiger partial charge is 0.356 e. The lowest BCUT2D eigenvalue weighted by Gasteiger charge is -2.05. The molecule has 0 spiro atoms. The van der Waals surface area contributed by atoms with E-state index in [9.17, 15) is 4.79 Å². The number of carbonyl (C=O) groups is 1. The van der Waals surface area contributed by atoms with Gasteiger partial charge in [0.1, 0.15) is 0 Å². The van der Waals surface area contributed by atoms with E-state index in [0.717, 1.165) is 0 Å². The highest BCUT2D eigenvalue weighted by Gasteiger charge is 2.09. The Morgan fingerprint density at radius 2 is 2.50 bits per heavy atom. The van der Waals surface area contributed by atoms with Crippen molar-refractivity contribution in [3.63, 3.8) is 0 Å². The quantitative estimate of drug-likeness (QED) is 0.553. The summed E-state index contributed by atoms with van der Waals surface area (Å²) < 4.78 is 0. The largest absolute Gasteiger partial charge is 0.476 e. The summed E-state index contributed by atoms with van der Waals surface area (Å²) in [6.07, 6.45) is 7.06. The van der Waals surface area contributed by atoms with Gasteiger partial charge < -0.3 is 10.4 Å². The Labute approximate surface area is 82.0 Å². The number of pyridine rings is 1.